The summed E-state index contributed by atoms with van der Waals surface area (Å²) in [5, 5.41) is 6.48. The Balaban J connectivity index is 2.05. The smallest absolute Gasteiger partial charge is 0.244 e. The van der Waals surface area contributed by atoms with Crippen molar-refractivity contribution < 1.29 is 16.8 Å². The van der Waals surface area contributed by atoms with Crippen molar-refractivity contribution in [2.75, 3.05) is 20.1 Å². The van der Waals surface area contributed by atoms with Crippen molar-refractivity contribution in [1.82, 2.24) is 19.2 Å². The van der Waals surface area contributed by atoms with Crippen LogP contribution < -0.4 is 4.72 Å². The monoisotopic (exact) mass is 386 g/mol. The molecule has 0 atom stereocenters. The first-order valence-electron chi connectivity index (χ1n) is 7.60. The second-order valence-corrected chi connectivity index (χ2v) is 9.55. The Morgan fingerprint density at radius 3 is 2.20 bits per heavy atom. The molecule has 0 fully saturated rings. The quantitative estimate of drug-likeness (QED) is 0.735. The van der Waals surface area contributed by atoms with Crippen molar-refractivity contribution in [3.8, 4) is 0 Å². The van der Waals surface area contributed by atoms with Gasteiger partial charge in [0.05, 0.1) is 16.3 Å². The lowest BCUT2D eigenvalue weighted by molar-refractivity contribution is 0.469. The topological polar surface area (TPSA) is 112 Å². The number of rotatable bonds is 7. The van der Waals surface area contributed by atoms with Gasteiger partial charge in [0.2, 0.25) is 20.0 Å². The highest BCUT2D eigenvalue weighted by atomic mass is 32.2. The largest absolute Gasteiger partial charge is 0.281 e. The van der Waals surface area contributed by atoms with Gasteiger partial charge in [-0.2, -0.15) is 9.40 Å². The maximum atomic E-state index is 12.5. The van der Waals surface area contributed by atoms with E-state index in [2.05, 4.69) is 14.9 Å². The van der Waals surface area contributed by atoms with Gasteiger partial charge in [0.1, 0.15) is 4.90 Å². The molecule has 0 bridgehead atoms. The number of aromatic nitrogens is 2. The molecule has 0 radical (unpaired) electrons. The Kier molecular flexibility index (Phi) is 5.67. The van der Waals surface area contributed by atoms with Gasteiger partial charge in [-0.3, -0.25) is 5.10 Å². The number of benzene rings is 1. The van der Waals surface area contributed by atoms with E-state index >= 15 is 0 Å². The zero-order chi connectivity index (χ0) is 18.8. The summed E-state index contributed by atoms with van der Waals surface area (Å²) >= 11 is 0. The first-order valence-corrected chi connectivity index (χ1v) is 10.5. The van der Waals surface area contributed by atoms with Crippen LogP contribution in [0, 0.1) is 20.8 Å². The molecular formula is C15H22N4O4S2. The van der Waals surface area contributed by atoms with Crippen molar-refractivity contribution >= 4 is 20.0 Å². The fourth-order valence-corrected chi connectivity index (χ4v) is 4.92. The van der Waals surface area contributed by atoms with Crippen LogP contribution in [0.25, 0.3) is 0 Å². The van der Waals surface area contributed by atoms with E-state index in [0.29, 0.717) is 11.4 Å². The fourth-order valence-electron chi connectivity index (χ4n) is 2.36. The second kappa shape index (κ2) is 7.24. The fraction of sp³-hybridized carbons (Fsp3) is 0.400. The van der Waals surface area contributed by atoms with Gasteiger partial charge in [-0.05, 0) is 32.9 Å². The number of hydrogen-bond donors (Lipinski definition) is 2. The van der Waals surface area contributed by atoms with E-state index < -0.39 is 20.0 Å². The van der Waals surface area contributed by atoms with E-state index in [0.717, 1.165) is 9.87 Å². The minimum atomic E-state index is -3.75. The molecule has 0 saturated carbocycles. The van der Waals surface area contributed by atoms with Gasteiger partial charge in [-0.25, -0.2) is 21.6 Å². The maximum absolute atomic E-state index is 12.5. The molecule has 2 N–H and O–H groups in total. The highest BCUT2D eigenvalue weighted by molar-refractivity contribution is 7.89. The Labute approximate surface area is 148 Å². The highest BCUT2D eigenvalue weighted by Crippen LogP contribution is 2.17. The van der Waals surface area contributed by atoms with Crippen molar-refractivity contribution in [3.05, 3.63) is 41.2 Å². The molecule has 1 aromatic carbocycles. The van der Waals surface area contributed by atoms with Crippen LogP contribution in [0.4, 0.5) is 0 Å². The molecule has 0 saturated heterocycles. The van der Waals surface area contributed by atoms with Crippen molar-refractivity contribution in [2.24, 2.45) is 0 Å². The molecule has 138 valence electrons. The molecular weight excluding hydrogens is 364 g/mol. The zero-order valence-electron chi connectivity index (χ0n) is 14.6. The summed E-state index contributed by atoms with van der Waals surface area (Å²) in [7, 11) is -6.00. The van der Waals surface area contributed by atoms with E-state index in [-0.39, 0.29) is 22.9 Å². The number of nitrogens with one attached hydrogen (secondary N) is 2. The van der Waals surface area contributed by atoms with Crippen molar-refractivity contribution in [3.63, 3.8) is 0 Å². The Morgan fingerprint density at radius 2 is 1.68 bits per heavy atom. The molecule has 25 heavy (non-hydrogen) atoms. The summed E-state index contributed by atoms with van der Waals surface area (Å²) in [5.74, 6) is 0. The molecule has 0 amide bonds. The average Bonchev–Trinajstić information content (AvgIpc) is 2.87. The summed E-state index contributed by atoms with van der Waals surface area (Å²) in [6, 6.07) is 6.49. The highest BCUT2D eigenvalue weighted by Gasteiger charge is 2.24. The zero-order valence-corrected chi connectivity index (χ0v) is 16.2. The van der Waals surface area contributed by atoms with Crippen LogP contribution in [0.1, 0.15) is 17.0 Å². The third-order valence-corrected chi connectivity index (χ3v) is 7.37. The Bertz CT molecular complexity index is 928. The summed E-state index contributed by atoms with van der Waals surface area (Å²) in [6.07, 6.45) is 0. The lowest BCUT2D eigenvalue weighted by Crippen LogP contribution is -2.36. The molecule has 0 aliphatic carbocycles. The summed E-state index contributed by atoms with van der Waals surface area (Å²) in [5.41, 5.74) is 1.76. The third-order valence-electron chi connectivity index (χ3n) is 3.78. The van der Waals surface area contributed by atoms with Gasteiger partial charge in [0, 0.05) is 20.1 Å². The predicted molar refractivity (Wildman–Crippen MR) is 94.2 cm³/mol. The van der Waals surface area contributed by atoms with Gasteiger partial charge in [-0.1, -0.05) is 17.7 Å². The Hall–Kier alpha value is -1.75. The summed E-state index contributed by atoms with van der Waals surface area (Å²) < 4.78 is 53.1. The van der Waals surface area contributed by atoms with Crippen LogP contribution in [0.15, 0.2) is 34.1 Å². The molecule has 2 aromatic rings. The predicted octanol–water partition coefficient (Wildman–Crippen LogP) is 0.934. The lowest BCUT2D eigenvalue weighted by atomic mass is 10.2. The summed E-state index contributed by atoms with van der Waals surface area (Å²) in [6.45, 7) is 5.03. The van der Waals surface area contributed by atoms with Crippen LogP contribution in [0.2, 0.25) is 0 Å². The molecule has 0 spiro atoms. The van der Waals surface area contributed by atoms with Crippen molar-refractivity contribution in [2.45, 2.75) is 30.6 Å². The van der Waals surface area contributed by atoms with Crippen LogP contribution in [0.5, 0.6) is 0 Å². The molecule has 1 heterocycles. The molecule has 0 aliphatic heterocycles. The van der Waals surface area contributed by atoms with E-state index in [4.69, 9.17) is 0 Å². The van der Waals surface area contributed by atoms with Crippen LogP contribution in [-0.4, -0.2) is 51.5 Å². The first kappa shape index (κ1) is 19.6. The van der Waals surface area contributed by atoms with Crippen LogP contribution in [-0.2, 0) is 20.0 Å². The minimum absolute atomic E-state index is 0.00534. The molecule has 0 unspecified atom stereocenters. The minimum Gasteiger partial charge on any atom is -0.281 e. The molecule has 1 aromatic heterocycles. The number of H-pyrrole nitrogens is 1. The van der Waals surface area contributed by atoms with Gasteiger partial charge < -0.3 is 0 Å². The van der Waals surface area contributed by atoms with Crippen LogP contribution >= 0.6 is 0 Å². The first-order chi connectivity index (χ1) is 11.6. The SMILES string of the molecule is Cc1ccc(S(=O)(=O)N(C)CCNS(=O)(=O)c2c(C)n[nH]c2C)cc1. The van der Waals surface area contributed by atoms with E-state index in [1.54, 1.807) is 26.0 Å². The number of aromatic amines is 1. The van der Waals surface area contributed by atoms with E-state index in [1.807, 2.05) is 6.92 Å². The van der Waals surface area contributed by atoms with E-state index in [1.165, 1.54) is 19.2 Å². The van der Waals surface area contributed by atoms with Gasteiger partial charge in [-0.15, -0.1) is 0 Å². The second-order valence-electron chi connectivity index (χ2n) is 5.80. The number of nitrogens with zero attached hydrogens (tertiary/aromatic N) is 2. The number of likely N-dealkylation sites (N-methyl/N-ethyl adjacent to an activating group) is 1. The lowest BCUT2D eigenvalue weighted by Gasteiger charge is -2.17. The van der Waals surface area contributed by atoms with Gasteiger partial charge in [0.25, 0.3) is 0 Å². The normalized spacial score (nSPS) is 12.7. The molecule has 2 rings (SSSR count). The number of aryl methyl sites for hydroxylation is 3. The maximum Gasteiger partial charge on any atom is 0.244 e. The molecule has 10 heteroatoms. The average molecular weight is 386 g/mol. The Morgan fingerprint density at radius 1 is 1.08 bits per heavy atom. The van der Waals surface area contributed by atoms with Crippen LogP contribution in [0.3, 0.4) is 0 Å². The molecule has 8 nitrogen and oxygen atoms in total. The van der Waals surface area contributed by atoms with Gasteiger partial charge >= 0.3 is 0 Å². The molecule has 0 aliphatic rings. The number of hydrogen-bond acceptors (Lipinski definition) is 5. The third kappa shape index (κ3) is 4.27. The summed E-state index contributed by atoms with van der Waals surface area (Å²) in [4.78, 5) is 0.265. The van der Waals surface area contributed by atoms with Crippen molar-refractivity contribution in [1.29, 1.82) is 0 Å². The standard InChI is InChI=1S/C15H22N4O4S2/c1-11-5-7-14(8-6-11)25(22,23)19(4)10-9-16-24(20,21)15-12(2)17-18-13(15)3/h5-8,16H,9-10H2,1-4H3,(H,17,18). The van der Waals surface area contributed by atoms with E-state index in [9.17, 15) is 16.8 Å². The number of sulfonamides is 2. The van der Waals surface area contributed by atoms with Gasteiger partial charge in [0.15, 0.2) is 0 Å².